The number of rotatable bonds is 3. The lowest BCUT2D eigenvalue weighted by Crippen LogP contribution is -2.54. The van der Waals surface area contributed by atoms with Crippen LogP contribution in [0.5, 0.6) is 0 Å². The fourth-order valence-electron chi connectivity index (χ4n) is 2.19. The second-order valence-corrected chi connectivity index (χ2v) is 5.47. The van der Waals surface area contributed by atoms with Crippen LogP contribution in [-0.2, 0) is 0 Å². The van der Waals surface area contributed by atoms with Crippen LogP contribution in [0, 0.1) is 45.3 Å². The van der Waals surface area contributed by atoms with Crippen LogP contribution in [0.4, 0.5) is 0 Å². The molecular formula is C17H32ClN9. The van der Waals surface area contributed by atoms with Crippen molar-refractivity contribution in [2.75, 3.05) is 65.3 Å². The van der Waals surface area contributed by atoms with E-state index in [2.05, 4.69) is 28.8 Å². The molecule has 2 rings (SSSR count). The summed E-state index contributed by atoms with van der Waals surface area (Å²) in [7, 11) is 0. The zero-order valence-electron chi connectivity index (χ0n) is 14.3. The summed E-state index contributed by atoms with van der Waals surface area (Å²) >= 11 is 4.82. The predicted octanol–water partition coefficient (Wildman–Crippen LogP) is 0.897. The van der Waals surface area contributed by atoms with Gasteiger partial charge in [0.25, 0.3) is 0 Å². The Labute approximate surface area is 169 Å². The average Bonchev–Trinajstić information content (AvgIpc) is 2.65. The largest absolute Gasteiger partial charge is 0.304 e. The first-order valence-corrected chi connectivity index (χ1v) is 8.37. The molecule has 0 aromatic rings. The van der Waals surface area contributed by atoms with Crippen LogP contribution in [0.15, 0.2) is 0 Å². The highest BCUT2D eigenvalue weighted by Gasteiger charge is 2.22. The summed E-state index contributed by atoms with van der Waals surface area (Å²) in [5.74, 6) is 0.0972. The Morgan fingerprint density at radius 3 is 1.19 bits per heavy atom. The highest BCUT2D eigenvalue weighted by molar-refractivity contribution is 6.19. The second kappa shape index (κ2) is 22.1. The topological polar surface area (TPSA) is 129 Å². The Bertz CT molecular complexity index is 427. The molecule has 0 atom stereocenters. The predicted molar refractivity (Wildman–Crippen MR) is 107 cm³/mol. The molecule has 2 heterocycles. The molecule has 152 valence electrons. The van der Waals surface area contributed by atoms with Crippen molar-refractivity contribution in [2.45, 2.75) is 21.3 Å². The first kappa shape index (κ1) is 29.8. The number of nitrogens with zero attached hydrogens (tertiary/aromatic N) is 7. The molecule has 0 aliphatic carbocycles. The van der Waals surface area contributed by atoms with Crippen molar-refractivity contribution in [3.8, 4) is 24.3 Å². The van der Waals surface area contributed by atoms with Gasteiger partial charge in [-0.3, -0.25) is 14.7 Å². The smallest absolute Gasteiger partial charge is 0.109 e. The molecule has 9 nitrogen and oxygen atoms in total. The fourth-order valence-corrected chi connectivity index (χ4v) is 2.19. The maximum Gasteiger partial charge on any atom is 0.109 e. The average molecular weight is 398 g/mol. The van der Waals surface area contributed by atoms with Crippen molar-refractivity contribution in [1.82, 2.24) is 25.3 Å². The molecule has 0 radical (unpaired) electrons. The number of halogens is 1. The highest BCUT2D eigenvalue weighted by atomic mass is 35.5. The van der Waals surface area contributed by atoms with E-state index in [1.807, 2.05) is 14.7 Å². The third-order valence-corrected chi connectivity index (χ3v) is 3.22. The Kier molecular flexibility index (Phi) is 24.4. The number of nitriles is 4. The Morgan fingerprint density at radius 2 is 1.04 bits per heavy atom. The lowest BCUT2D eigenvalue weighted by Gasteiger charge is -2.39. The molecular weight excluding hydrogens is 366 g/mol. The molecule has 2 aliphatic heterocycles. The Hall–Kier alpha value is -1.95. The molecule has 27 heavy (non-hydrogen) atoms. The van der Waals surface area contributed by atoms with Crippen LogP contribution in [0.3, 0.4) is 0 Å². The van der Waals surface area contributed by atoms with Gasteiger partial charge in [-0.15, -0.1) is 11.6 Å². The van der Waals surface area contributed by atoms with Gasteiger partial charge in [0.2, 0.25) is 0 Å². The van der Waals surface area contributed by atoms with E-state index in [9.17, 15) is 0 Å². The van der Waals surface area contributed by atoms with Gasteiger partial charge in [-0.25, -0.2) is 0 Å². The Balaban J connectivity index is -0.000000400. The van der Waals surface area contributed by atoms with Crippen molar-refractivity contribution < 1.29 is 0 Å². The third-order valence-electron chi connectivity index (χ3n) is 3.10. The molecule has 0 aromatic heterocycles. The van der Waals surface area contributed by atoms with Crippen molar-refractivity contribution in [1.29, 1.82) is 21.0 Å². The number of nitrogens with one attached hydrogen (secondary N) is 2. The van der Waals surface area contributed by atoms with Gasteiger partial charge in [0.15, 0.2) is 0 Å². The van der Waals surface area contributed by atoms with Crippen molar-refractivity contribution in [3.63, 3.8) is 0 Å². The SMILES string of the molecule is C.C.C1CNCNC1.N#CCCl.N#CCN1CN(CC#N)CN(CC#N)C1. The van der Waals surface area contributed by atoms with Gasteiger partial charge in [0, 0.05) is 6.67 Å². The minimum Gasteiger partial charge on any atom is -0.304 e. The van der Waals surface area contributed by atoms with Gasteiger partial charge in [0.1, 0.15) is 5.88 Å². The van der Waals surface area contributed by atoms with Crippen LogP contribution in [0.25, 0.3) is 0 Å². The zero-order chi connectivity index (χ0) is 18.8. The van der Waals surface area contributed by atoms with Crippen LogP contribution in [0.2, 0.25) is 0 Å². The molecule has 2 fully saturated rings. The Morgan fingerprint density at radius 1 is 0.704 bits per heavy atom. The van der Waals surface area contributed by atoms with Crippen LogP contribution in [0.1, 0.15) is 21.3 Å². The molecule has 0 saturated carbocycles. The van der Waals surface area contributed by atoms with Crippen molar-refractivity contribution in [2.24, 2.45) is 0 Å². The quantitative estimate of drug-likeness (QED) is 0.526. The van der Waals surface area contributed by atoms with E-state index < -0.39 is 0 Å². The normalized spacial score (nSPS) is 16.6. The molecule has 2 saturated heterocycles. The molecule has 0 amide bonds. The maximum absolute atomic E-state index is 8.59. The van der Waals surface area contributed by atoms with Gasteiger partial charge < -0.3 is 10.6 Å². The first-order valence-electron chi connectivity index (χ1n) is 7.84. The van der Waals surface area contributed by atoms with Gasteiger partial charge in [0.05, 0.1) is 63.9 Å². The molecule has 0 bridgehead atoms. The zero-order valence-corrected chi connectivity index (χ0v) is 15.0. The second-order valence-electron chi connectivity index (χ2n) is 5.21. The van der Waals surface area contributed by atoms with E-state index >= 15 is 0 Å². The lowest BCUT2D eigenvalue weighted by molar-refractivity contribution is -0.00864. The van der Waals surface area contributed by atoms with Gasteiger partial charge in [-0.2, -0.15) is 21.0 Å². The molecule has 0 aromatic carbocycles. The minimum atomic E-state index is 0. The van der Waals surface area contributed by atoms with Crippen LogP contribution < -0.4 is 10.6 Å². The summed E-state index contributed by atoms with van der Waals surface area (Å²) in [6.45, 7) is 6.19. The first-order chi connectivity index (χ1) is 12.2. The molecule has 2 N–H and O–H groups in total. The number of hydrogen-bond donors (Lipinski definition) is 2. The van der Waals surface area contributed by atoms with Gasteiger partial charge in [-0.05, 0) is 19.5 Å². The van der Waals surface area contributed by atoms with E-state index in [1.54, 1.807) is 6.07 Å². The fraction of sp³-hybridized carbons (Fsp3) is 0.765. The summed E-state index contributed by atoms with van der Waals surface area (Å²) in [6, 6.07) is 7.90. The summed E-state index contributed by atoms with van der Waals surface area (Å²) in [6.07, 6.45) is 1.28. The summed E-state index contributed by atoms with van der Waals surface area (Å²) in [4.78, 5) is 5.70. The van der Waals surface area contributed by atoms with E-state index in [0.29, 0.717) is 39.6 Å². The lowest BCUT2D eigenvalue weighted by atomic mass is 10.4. The van der Waals surface area contributed by atoms with E-state index in [0.717, 1.165) is 6.67 Å². The molecule has 0 unspecified atom stereocenters. The van der Waals surface area contributed by atoms with E-state index in [4.69, 9.17) is 32.6 Å². The number of alkyl halides is 1. The van der Waals surface area contributed by atoms with E-state index in [1.165, 1.54) is 19.5 Å². The number of hydrogen-bond acceptors (Lipinski definition) is 9. The maximum atomic E-state index is 8.59. The highest BCUT2D eigenvalue weighted by Crippen LogP contribution is 2.05. The van der Waals surface area contributed by atoms with Crippen LogP contribution >= 0.6 is 11.6 Å². The van der Waals surface area contributed by atoms with Gasteiger partial charge in [-0.1, -0.05) is 14.9 Å². The van der Waals surface area contributed by atoms with Crippen LogP contribution in [-0.4, -0.2) is 80.0 Å². The standard InChI is InChI=1S/C9H12N6.C4H10N2.C2H2ClN.2CH4/c10-1-4-13-7-14(5-2-11)9-15(8-13)6-3-12;1-2-5-4-6-3-1;3-1-2-4;;/h4-9H2;5-6H,1-4H2;1H2;2*1H4. The summed E-state index contributed by atoms with van der Waals surface area (Å²) in [5.41, 5.74) is 0. The minimum absolute atomic E-state index is 0. The third kappa shape index (κ3) is 17.2. The monoisotopic (exact) mass is 397 g/mol. The molecule has 2 aliphatic rings. The van der Waals surface area contributed by atoms with Crippen molar-refractivity contribution >= 4 is 11.6 Å². The van der Waals surface area contributed by atoms with E-state index in [-0.39, 0.29) is 20.7 Å². The molecule has 10 heteroatoms. The van der Waals surface area contributed by atoms with Crippen molar-refractivity contribution in [3.05, 3.63) is 0 Å². The summed E-state index contributed by atoms with van der Waals surface area (Å²) in [5, 5.41) is 39.6. The summed E-state index contributed by atoms with van der Waals surface area (Å²) < 4.78 is 0. The molecule has 0 spiro atoms. The van der Waals surface area contributed by atoms with Gasteiger partial charge >= 0.3 is 0 Å².